The average molecular weight is 330 g/mol. The Hall–Kier alpha value is -2.15. The minimum atomic E-state index is -0.522. The van der Waals surface area contributed by atoms with Crippen LogP contribution in [0.25, 0.3) is 10.9 Å². The van der Waals surface area contributed by atoms with Crippen molar-refractivity contribution in [3.05, 3.63) is 45.1 Å². The molecule has 2 aromatic rings. The lowest BCUT2D eigenvalue weighted by Gasteiger charge is -2.24. The van der Waals surface area contributed by atoms with Crippen molar-refractivity contribution in [2.75, 3.05) is 5.43 Å². The number of fused-ring (bicyclic) bond motifs is 3. The summed E-state index contributed by atoms with van der Waals surface area (Å²) < 4.78 is 0.935. The van der Waals surface area contributed by atoms with E-state index in [1.165, 1.54) is 19.3 Å². The van der Waals surface area contributed by atoms with Gasteiger partial charge < -0.3 is 10.3 Å². The van der Waals surface area contributed by atoms with Crippen LogP contribution in [0.4, 0.5) is 0 Å². The van der Waals surface area contributed by atoms with Gasteiger partial charge in [0.25, 0.3) is 5.56 Å². The van der Waals surface area contributed by atoms with Gasteiger partial charge in [0, 0.05) is 6.04 Å². The standard InChI is InChI=1S/C16H18N4O2S/c21-14-11-3-1-2-4-12(11)18-16(22)20(14)19-15(23)17-13-8-9-5-6-10(13)7-9/h1-4,9-10,13H,5-8H2,(H,18,22)(H2,17,19,23)/t9-,10+,13-/m0/s1. The summed E-state index contributed by atoms with van der Waals surface area (Å²) in [7, 11) is 0. The number of hydrogen-bond acceptors (Lipinski definition) is 3. The minimum absolute atomic E-state index is 0.324. The molecule has 0 radical (unpaired) electrons. The fraction of sp³-hybridized carbons (Fsp3) is 0.438. The first-order valence-electron chi connectivity index (χ1n) is 7.93. The zero-order valence-corrected chi connectivity index (χ0v) is 13.4. The number of aromatic nitrogens is 2. The number of thiocarbonyl (C=S) groups is 1. The van der Waals surface area contributed by atoms with E-state index in [-0.39, 0.29) is 0 Å². The van der Waals surface area contributed by atoms with Gasteiger partial charge in [0.15, 0.2) is 5.11 Å². The highest BCUT2D eigenvalue weighted by Gasteiger charge is 2.39. The lowest BCUT2D eigenvalue weighted by molar-refractivity contribution is 0.391. The van der Waals surface area contributed by atoms with Crippen molar-refractivity contribution in [2.45, 2.75) is 31.7 Å². The Morgan fingerprint density at radius 1 is 1.22 bits per heavy atom. The highest BCUT2D eigenvalue weighted by Crippen LogP contribution is 2.44. The topological polar surface area (TPSA) is 78.9 Å². The van der Waals surface area contributed by atoms with Crippen LogP contribution in [0.2, 0.25) is 0 Å². The summed E-state index contributed by atoms with van der Waals surface area (Å²) in [6, 6.07) is 7.27. The second-order valence-corrected chi connectivity index (χ2v) is 6.89. The maximum Gasteiger partial charge on any atom is 0.348 e. The van der Waals surface area contributed by atoms with E-state index in [4.69, 9.17) is 12.2 Å². The van der Waals surface area contributed by atoms with E-state index in [0.717, 1.165) is 17.0 Å². The molecule has 0 amide bonds. The van der Waals surface area contributed by atoms with Crippen molar-refractivity contribution in [3.63, 3.8) is 0 Å². The molecule has 0 saturated heterocycles. The molecular formula is C16H18N4O2S. The third kappa shape index (κ3) is 2.55. The number of rotatable bonds is 2. The SMILES string of the molecule is O=c1[nH]c2ccccc2c(=O)n1NC(=S)N[C@H]1C[C@H]2CC[C@@H]1C2. The third-order valence-corrected chi connectivity index (χ3v) is 5.28. The first kappa shape index (κ1) is 14.4. The van der Waals surface area contributed by atoms with Crippen LogP contribution in [0.1, 0.15) is 25.7 Å². The number of para-hydroxylation sites is 1. The zero-order chi connectivity index (χ0) is 16.0. The van der Waals surface area contributed by atoms with Crippen molar-refractivity contribution in [1.29, 1.82) is 0 Å². The molecule has 2 aliphatic rings. The number of H-pyrrole nitrogens is 1. The van der Waals surface area contributed by atoms with Gasteiger partial charge in [-0.2, -0.15) is 4.68 Å². The zero-order valence-electron chi connectivity index (χ0n) is 12.5. The highest BCUT2D eigenvalue weighted by atomic mass is 32.1. The molecule has 3 atom stereocenters. The smallest absolute Gasteiger partial charge is 0.348 e. The average Bonchev–Trinajstić information content (AvgIpc) is 3.14. The molecule has 0 aliphatic heterocycles. The van der Waals surface area contributed by atoms with Gasteiger partial charge in [0.2, 0.25) is 0 Å². The van der Waals surface area contributed by atoms with Crippen molar-refractivity contribution in [2.24, 2.45) is 11.8 Å². The highest BCUT2D eigenvalue weighted by molar-refractivity contribution is 7.80. The molecule has 1 aromatic carbocycles. The lowest BCUT2D eigenvalue weighted by atomic mass is 9.96. The third-order valence-electron chi connectivity index (χ3n) is 5.07. The van der Waals surface area contributed by atoms with Crippen LogP contribution in [-0.2, 0) is 0 Å². The van der Waals surface area contributed by atoms with Crippen molar-refractivity contribution >= 4 is 28.2 Å². The molecule has 1 heterocycles. The van der Waals surface area contributed by atoms with Gasteiger partial charge in [-0.25, -0.2) is 4.79 Å². The number of nitrogens with zero attached hydrogens (tertiary/aromatic N) is 1. The van der Waals surface area contributed by atoms with E-state index in [2.05, 4.69) is 15.7 Å². The minimum Gasteiger partial charge on any atom is -0.358 e. The van der Waals surface area contributed by atoms with Crippen LogP contribution in [-0.4, -0.2) is 20.8 Å². The van der Waals surface area contributed by atoms with Crippen molar-refractivity contribution in [3.8, 4) is 0 Å². The van der Waals surface area contributed by atoms with E-state index in [1.807, 2.05) is 0 Å². The van der Waals surface area contributed by atoms with E-state index in [0.29, 0.717) is 28.0 Å². The first-order valence-corrected chi connectivity index (χ1v) is 8.34. The largest absolute Gasteiger partial charge is 0.358 e. The fourth-order valence-electron chi connectivity index (χ4n) is 3.99. The predicted octanol–water partition coefficient (Wildman–Crippen LogP) is 1.30. The molecule has 0 spiro atoms. The molecule has 7 heteroatoms. The van der Waals surface area contributed by atoms with Crippen molar-refractivity contribution in [1.82, 2.24) is 15.0 Å². The molecule has 23 heavy (non-hydrogen) atoms. The summed E-state index contributed by atoms with van der Waals surface area (Å²) >= 11 is 5.30. The first-order chi connectivity index (χ1) is 11.1. The Kier molecular flexibility index (Phi) is 3.45. The van der Waals surface area contributed by atoms with Gasteiger partial charge >= 0.3 is 5.69 Å². The van der Waals surface area contributed by atoms with Crippen molar-refractivity contribution < 1.29 is 0 Å². The van der Waals surface area contributed by atoms with Gasteiger partial charge in [0.1, 0.15) is 0 Å². The van der Waals surface area contributed by atoms with Crippen LogP contribution < -0.4 is 22.0 Å². The molecule has 1 aromatic heterocycles. The summed E-state index contributed by atoms with van der Waals surface area (Å²) in [6.07, 6.45) is 4.93. The number of nitrogens with one attached hydrogen (secondary N) is 3. The summed E-state index contributed by atoms with van der Waals surface area (Å²) in [4.78, 5) is 27.2. The number of benzene rings is 1. The molecule has 2 bridgehead atoms. The molecule has 2 saturated carbocycles. The van der Waals surface area contributed by atoms with Gasteiger partial charge in [0.05, 0.1) is 10.9 Å². The van der Waals surface area contributed by atoms with Crippen LogP contribution >= 0.6 is 12.2 Å². The van der Waals surface area contributed by atoms with E-state index in [9.17, 15) is 9.59 Å². The maximum atomic E-state index is 12.4. The Labute approximate surface area is 137 Å². The monoisotopic (exact) mass is 330 g/mol. The normalized spacial score (nSPS) is 25.7. The van der Waals surface area contributed by atoms with Gasteiger partial charge in [-0.05, 0) is 55.4 Å². The Balaban J connectivity index is 1.56. The summed E-state index contributed by atoms with van der Waals surface area (Å²) in [5.41, 5.74) is 2.33. The Morgan fingerprint density at radius 3 is 2.78 bits per heavy atom. The predicted molar refractivity (Wildman–Crippen MR) is 93.2 cm³/mol. The van der Waals surface area contributed by atoms with E-state index >= 15 is 0 Å². The molecule has 6 nitrogen and oxygen atoms in total. The van der Waals surface area contributed by atoms with E-state index in [1.54, 1.807) is 24.3 Å². The summed E-state index contributed by atoms with van der Waals surface area (Å²) in [5, 5.41) is 4.04. The Bertz CT molecular complexity index is 888. The second kappa shape index (κ2) is 5.49. The van der Waals surface area contributed by atoms with Gasteiger partial charge in [-0.15, -0.1) is 0 Å². The van der Waals surface area contributed by atoms with Crippen LogP contribution in [0.5, 0.6) is 0 Å². The van der Waals surface area contributed by atoms with Gasteiger partial charge in [-0.3, -0.25) is 10.2 Å². The lowest BCUT2D eigenvalue weighted by Crippen LogP contribution is -2.49. The molecule has 3 N–H and O–H groups in total. The van der Waals surface area contributed by atoms with Gasteiger partial charge in [-0.1, -0.05) is 18.6 Å². The quantitative estimate of drug-likeness (QED) is 0.723. The molecule has 2 fully saturated rings. The number of hydrogen-bond donors (Lipinski definition) is 3. The molecule has 0 unspecified atom stereocenters. The molecule has 120 valence electrons. The molecular weight excluding hydrogens is 312 g/mol. The number of aromatic amines is 1. The maximum absolute atomic E-state index is 12.4. The summed E-state index contributed by atoms with van der Waals surface area (Å²) in [6.45, 7) is 0. The second-order valence-electron chi connectivity index (χ2n) is 6.48. The van der Waals surface area contributed by atoms with Crippen LogP contribution in [0.15, 0.2) is 33.9 Å². The summed E-state index contributed by atoms with van der Waals surface area (Å²) in [5.74, 6) is 1.46. The fourth-order valence-corrected chi connectivity index (χ4v) is 4.23. The Morgan fingerprint density at radius 2 is 2.04 bits per heavy atom. The van der Waals surface area contributed by atoms with E-state index < -0.39 is 11.2 Å². The molecule has 2 aliphatic carbocycles. The molecule has 4 rings (SSSR count). The van der Waals surface area contributed by atoms with Crippen LogP contribution in [0.3, 0.4) is 0 Å². The van der Waals surface area contributed by atoms with Crippen LogP contribution in [0, 0.1) is 11.8 Å².